The van der Waals surface area contributed by atoms with Crippen LogP contribution in [0.5, 0.6) is 0 Å². The van der Waals surface area contributed by atoms with Gasteiger partial charge >= 0.3 is 0 Å². The van der Waals surface area contributed by atoms with Crippen LogP contribution in [0.1, 0.15) is 23.7 Å². The zero-order chi connectivity index (χ0) is 10.1. The topological polar surface area (TPSA) is 43.1 Å². The highest BCUT2D eigenvalue weighted by Gasteiger charge is 2.30. The van der Waals surface area contributed by atoms with Crippen LogP contribution in [-0.2, 0) is 11.2 Å². The van der Waals surface area contributed by atoms with Gasteiger partial charge < -0.3 is 5.73 Å². The summed E-state index contributed by atoms with van der Waals surface area (Å²) in [6.07, 6.45) is -0.316. The molecule has 1 aliphatic carbocycles. The third-order valence-corrected chi connectivity index (χ3v) is 2.67. The number of benzene rings is 1. The third-order valence-electron chi connectivity index (χ3n) is 2.67. The molecule has 15 heavy (non-hydrogen) atoms. The second kappa shape index (κ2) is 4.73. The Morgan fingerprint density at radius 3 is 2.73 bits per heavy atom. The summed E-state index contributed by atoms with van der Waals surface area (Å²) in [5, 5.41) is 0. The Morgan fingerprint density at radius 2 is 2.00 bits per heavy atom. The van der Waals surface area contributed by atoms with Crippen LogP contribution >= 0.6 is 12.4 Å². The second-order valence-electron chi connectivity index (χ2n) is 3.61. The molecule has 0 fully saturated rings. The Morgan fingerprint density at radius 1 is 1.33 bits per heavy atom. The van der Waals surface area contributed by atoms with Gasteiger partial charge in [-0.05, 0) is 24.0 Å². The summed E-state index contributed by atoms with van der Waals surface area (Å²) in [5.74, 6) is -0.491. The van der Waals surface area contributed by atoms with E-state index in [0.717, 1.165) is 5.56 Å². The number of alkyl halides is 1. The van der Waals surface area contributed by atoms with Gasteiger partial charge in [0.25, 0.3) is 0 Å². The summed E-state index contributed by atoms with van der Waals surface area (Å²) in [7, 11) is 0. The van der Waals surface area contributed by atoms with Gasteiger partial charge in [0.05, 0.1) is 6.04 Å². The Bertz CT molecular complexity index is 369. The maximum Gasteiger partial charge on any atom is 0.188 e. The van der Waals surface area contributed by atoms with E-state index >= 15 is 0 Å². The lowest BCUT2D eigenvalue weighted by Gasteiger charge is -2.09. The molecular formula is C11H13ClFNO. The number of hydrogen-bond donors (Lipinski definition) is 1. The quantitative estimate of drug-likeness (QED) is 0.692. The predicted molar refractivity (Wildman–Crippen MR) is 58.8 cm³/mol. The molecule has 2 unspecified atom stereocenters. The van der Waals surface area contributed by atoms with Crippen LogP contribution < -0.4 is 5.73 Å². The SMILES string of the molecule is Cl.NC1CCc2ccccc2C(F)C1=O. The number of halogens is 2. The standard InChI is InChI=1S/C11H12FNO.ClH/c12-10-8-4-2-1-3-7(8)5-6-9(13)11(10)14;/h1-4,9-10H,5-6,13H2;1H. The molecule has 0 spiro atoms. The van der Waals surface area contributed by atoms with Crippen LogP contribution in [0.3, 0.4) is 0 Å². The average Bonchev–Trinajstić information content (AvgIpc) is 2.32. The van der Waals surface area contributed by atoms with Crippen molar-refractivity contribution in [3.05, 3.63) is 35.4 Å². The van der Waals surface area contributed by atoms with Gasteiger partial charge in [0, 0.05) is 0 Å². The van der Waals surface area contributed by atoms with Gasteiger partial charge in [-0.15, -0.1) is 12.4 Å². The molecule has 0 aromatic heterocycles. The van der Waals surface area contributed by atoms with Crippen LogP contribution in [-0.4, -0.2) is 11.8 Å². The smallest absolute Gasteiger partial charge is 0.188 e. The number of carbonyl (C=O) groups is 1. The van der Waals surface area contributed by atoms with Crippen molar-refractivity contribution in [1.29, 1.82) is 0 Å². The number of nitrogens with two attached hydrogens (primary N) is 1. The molecule has 4 heteroatoms. The highest BCUT2D eigenvalue weighted by atomic mass is 35.5. The summed E-state index contributed by atoms with van der Waals surface area (Å²) < 4.78 is 13.7. The molecular weight excluding hydrogens is 217 g/mol. The molecule has 82 valence electrons. The van der Waals surface area contributed by atoms with Crippen molar-refractivity contribution in [1.82, 2.24) is 0 Å². The number of rotatable bonds is 0. The lowest BCUT2D eigenvalue weighted by molar-refractivity contribution is -0.125. The van der Waals surface area contributed by atoms with Gasteiger partial charge in [0.15, 0.2) is 12.0 Å². The summed E-state index contributed by atoms with van der Waals surface area (Å²) in [5.41, 5.74) is 6.95. The first kappa shape index (κ1) is 12.1. The third kappa shape index (κ3) is 2.19. The lowest BCUT2D eigenvalue weighted by atomic mass is 10.0. The van der Waals surface area contributed by atoms with Gasteiger partial charge in [-0.25, -0.2) is 4.39 Å². The van der Waals surface area contributed by atoms with Crippen LogP contribution in [0.4, 0.5) is 4.39 Å². The number of carbonyl (C=O) groups excluding carboxylic acids is 1. The number of hydrogen-bond acceptors (Lipinski definition) is 2. The molecule has 0 heterocycles. The van der Waals surface area contributed by atoms with E-state index in [1.165, 1.54) is 0 Å². The van der Waals surface area contributed by atoms with Crippen LogP contribution in [0.15, 0.2) is 24.3 Å². The van der Waals surface area contributed by atoms with Crippen molar-refractivity contribution in [3.8, 4) is 0 Å². The zero-order valence-corrected chi connectivity index (χ0v) is 8.97. The first-order chi connectivity index (χ1) is 6.70. The van der Waals surface area contributed by atoms with Crippen molar-refractivity contribution >= 4 is 18.2 Å². The summed E-state index contributed by atoms with van der Waals surface area (Å²) in [6, 6.07) is 6.46. The monoisotopic (exact) mass is 229 g/mol. The number of aryl methyl sites for hydroxylation is 1. The van der Waals surface area contributed by atoms with Gasteiger partial charge in [-0.3, -0.25) is 4.79 Å². The first-order valence-corrected chi connectivity index (χ1v) is 4.71. The predicted octanol–water partition coefficient (Wildman–Crippen LogP) is 1.96. The van der Waals surface area contributed by atoms with Crippen molar-refractivity contribution < 1.29 is 9.18 Å². The summed E-state index contributed by atoms with van der Waals surface area (Å²) in [4.78, 5) is 11.4. The molecule has 2 N–H and O–H groups in total. The first-order valence-electron chi connectivity index (χ1n) is 4.71. The average molecular weight is 230 g/mol. The second-order valence-corrected chi connectivity index (χ2v) is 3.61. The van der Waals surface area contributed by atoms with Crippen LogP contribution in [0.2, 0.25) is 0 Å². The fourth-order valence-electron chi connectivity index (χ4n) is 1.80. The van der Waals surface area contributed by atoms with Crippen LogP contribution in [0, 0.1) is 0 Å². The minimum atomic E-state index is -1.54. The molecule has 2 nitrogen and oxygen atoms in total. The Hall–Kier alpha value is -0.930. The molecule has 0 saturated carbocycles. The summed E-state index contributed by atoms with van der Waals surface area (Å²) in [6.45, 7) is 0. The maximum absolute atomic E-state index is 13.7. The molecule has 0 aliphatic heterocycles. The number of Topliss-reactive ketones (excluding diaryl/α,β-unsaturated/α-hetero) is 1. The van der Waals surface area contributed by atoms with Crippen molar-refractivity contribution in [2.24, 2.45) is 5.73 Å². The molecule has 1 aromatic carbocycles. The zero-order valence-electron chi connectivity index (χ0n) is 8.15. The van der Waals surface area contributed by atoms with Crippen molar-refractivity contribution in [3.63, 3.8) is 0 Å². The molecule has 0 bridgehead atoms. The Kier molecular flexibility index (Phi) is 3.83. The molecule has 1 aromatic rings. The number of ketones is 1. The van der Waals surface area contributed by atoms with Crippen LogP contribution in [0.25, 0.3) is 0 Å². The minimum Gasteiger partial charge on any atom is -0.321 e. The Labute approximate surface area is 94.1 Å². The fraction of sp³-hybridized carbons (Fsp3) is 0.364. The van der Waals surface area contributed by atoms with E-state index in [-0.39, 0.29) is 12.4 Å². The van der Waals surface area contributed by atoms with E-state index in [9.17, 15) is 9.18 Å². The van der Waals surface area contributed by atoms with Gasteiger partial charge in [-0.2, -0.15) is 0 Å². The van der Waals surface area contributed by atoms with Gasteiger partial charge in [0.1, 0.15) is 0 Å². The van der Waals surface area contributed by atoms with E-state index in [1.54, 1.807) is 12.1 Å². The number of fused-ring (bicyclic) bond motifs is 1. The van der Waals surface area contributed by atoms with E-state index < -0.39 is 18.0 Å². The molecule has 0 saturated heterocycles. The van der Waals surface area contributed by atoms with E-state index in [0.29, 0.717) is 18.4 Å². The molecule has 0 amide bonds. The Balaban J connectivity index is 0.00000112. The fourth-order valence-corrected chi connectivity index (χ4v) is 1.80. The molecule has 2 atom stereocenters. The van der Waals surface area contributed by atoms with Crippen molar-refractivity contribution in [2.45, 2.75) is 25.1 Å². The highest BCUT2D eigenvalue weighted by molar-refractivity contribution is 5.89. The largest absolute Gasteiger partial charge is 0.321 e. The van der Waals surface area contributed by atoms with Gasteiger partial charge in [0.2, 0.25) is 0 Å². The lowest BCUT2D eigenvalue weighted by Crippen LogP contribution is -2.32. The highest BCUT2D eigenvalue weighted by Crippen LogP contribution is 2.28. The summed E-state index contributed by atoms with van der Waals surface area (Å²) >= 11 is 0. The maximum atomic E-state index is 13.7. The van der Waals surface area contributed by atoms with Gasteiger partial charge in [-0.1, -0.05) is 24.3 Å². The van der Waals surface area contributed by atoms with E-state index in [4.69, 9.17) is 5.73 Å². The van der Waals surface area contributed by atoms with Crippen molar-refractivity contribution in [2.75, 3.05) is 0 Å². The molecule has 2 rings (SSSR count). The molecule has 0 radical (unpaired) electrons. The minimum absolute atomic E-state index is 0. The molecule has 1 aliphatic rings. The normalized spacial score (nSPS) is 25.1. The van der Waals surface area contributed by atoms with E-state index in [1.807, 2.05) is 12.1 Å². The van der Waals surface area contributed by atoms with E-state index in [2.05, 4.69) is 0 Å².